The smallest absolute Gasteiger partial charge is 0.387 e. The SMILES string of the molecule is CCCCCCCc1ccc(-c2ccc3cc(OC(F)F)ccc3c2)c(F)c1. The topological polar surface area (TPSA) is 9.23 Å². The molecule has 28 heavy (non-hydrogen) atoms. The van der Waals surface area contributed by atoms with Crippen molar-refractivity contribution in [2.24, 2.45) is 0 Å². The summed E-state index contributed by atoms with van der Waals surface area (Å²) < 4.78 is 43.8. The molecule has 0 aliphatic heterocycles. The Kier molecular flexibility index (Phi) is 6.96. The van der Waals surface area contributed by atoms with Crippen LogP contribution in [-0.4, -0.2) is 6.61 Å². The zero-order chi connectivity index (χ0) is 19.9. The molecule has 0 atom stereocenters. The van der Waals surface area contributed by atoms with Crippen LogP contribution in [0.2, 0.25) is 0 Å². The van der Waals surface area contributed by atoms with Crippen molar-refractivity contribution in [3.05, 3.63) is 66.0 Å². The molecule has 0 saturated carbocycles. The van der Waals surface area contributed by atoms with Gasteiger partial charge in [0.2, 0.25) is 0 Å². The predicted molar refractivity (Wildman–Crippen MR) is 108 cm³/mol. The Hall–Kier alpha value is -2.49. The Morgan fingerprint density at radius 1 is 0.821 bits per heavy atom. The maximum Gasteiger partial charge on any atom is 0.387 e. The molecule has 0 heterocycles. The quantitative estimate of drug-likeness (QED) is 0.341. The van der Waals surface area contributed by atoms with Crippen LogP contribution in [0, 0.1) is 5.82 Å². The zero-order valence-electron chi connectivity index (χ0n) is 16.1. The second-order valence-corrected chi connectivity index (χ2v) is 7.08. The minimum absolute atomic E-state index is 0.115. The van der Waals surface area contributed by atoms with Crippen molar-refractivity contribution in [1.29, 1.82) is 0 Å². The fraction of sp³-hybridized carbons (Fsp3) is 0.333. The van der Waals surface area contributed by atoms with Crippen LogP contribution < -0.4 is 4.74 Å². The van der Waals surface area contributed by atoms with Crippen LogP contribution >= 0.6 is 0 Å². The molecular formula is C24H25F3O. The Morgan fingerprint density at radius 3 is 2.32 bits per heavy atom. The molecule has 3 rings (SSSR count). The highest BCUT2D eigenvalue weighted by Crippen LogP contribution is 2.29. The summed E-state index contributed by atoms with van der Waals surface area (Å²) in [5.41, 5.74) is 2.33. The first kappa shape index (κ1) is 20.2. The van der Waals surface area contributed by atoms with E-state index < -0.39 is 6.61 Å². The summed E-state index contributed by atoms with van der Waals surface area (Å²) in [6.45, 7) is -0.659. The molecule has 0 unspecified atom stereocenters. The lowest BCUT2D eigenvalue weighted by Crippen LogP contribution is -2.01. The van der Waals surface area contributed by atoms with Gasteiger partial charge in [-0.3, -0.25) is 0 Å². The molecule has 0 amide bonds. The summed E-state index contributed by atoms with van der Waals surface area (Å²) in [5.74, 6) is -0.118. The summed E-state index contributed by atoms with van der Waals surface area (Å²) >= 11 is 0. The van der Waals surface area contributed by atoms with E-state index in [0.29, 0.717) is 5.56 Å². The standard InChI is InChI=1S/C24H25F3O/c1-2-3-4-5-6-7-17-8-13-22(23(25)14-17)20-10-9-19-16-21(28-24(26)27)12-11-18(19)15-20/h8-16,24H,2-7H2,1H3. The minimum Gasteiger partial charge on any atom is -0.435 e. The van der Waals surface area contributed by atoms with Gasteiger partial charge in [0.1, 0.15) is 11.6 Å². The molecule has 148 valence electrons. The first-order valence-electron chi connectivity index (χ1n) is 9.84. The molecule has 0 saturated heterocycles. The van der Waals surface area contributed by atoms with E-state index in [4.69, 9.17) is 0 Å². The van der Waals surface area contributed by atoms with Crippen molar-refractivity contribution < 1.29 is 17.9 Å². The number of fused-ring (bicyclic) bond motifs is 1. The Labute approximate surface area is 164 Å². The van der Waals surface area contributed by atoms with Gasteiger partial charge in [-0.25, -0.2) is 4.39 Å². The summed E-state index contributed by atoms with van der Waals surface area (Å²) in [6, 6.07) is 15.7. The monoisotopic (exact) mass is 386 g/mol. The third-order valence-electron chi connectivity index (χ3n) is 4.95. The van der Waals surface area contributed by atoms with Gasteiger partial charge in [0.25, 0.3) is 0 Å². The van der Waals surface area contributed by atoms with E-state index in [9.17, 15) is 13.2 Å². The highest BCUT2D eigenvalue weighted by molar-refractivity contribution is 5.88. The van der Waals surface area contributed by atoms with Crippen LogP contribution in [0.15, 0.2) is 54.6 Å². The van der Waals surface area contributed by atoms with E-state index in [0.717, 1.165) is 34.7 Å². The molecule has 3 aromatic carbocycles. The van der Waals surface area contributed by atoms with Crippen LogP contribution in [0.4, 0.5) is 13.2 Å². The summed E-state index contributed by atoms with van der Waals surface area (Å²) in [7, 11) is 0. The average molecular weight is 386 g/mol. The Bertz CT molecular complexity index is 921. The number of hydrogen-bond acceptors (Lipinski definition) is 1. The van der Waals surface area contributed by atoms with E-state index in [-0.39, 0.29) is 11.6 Å². The predicted octanol–water partition coefficient (Wildman–Crippen LogP) is 7.76. The van der Waals surface area contributed by atoms with Crippen LogP contribution in [0.25, 0.3) is 21.9 Å². The van der Waals surface area contributed by atoms with Gasteiger partial charge >= 0.3 is 6.61 Å². The lowest BCUT2D eigenvalue weighted by Gasteiger charge is -2.09. The molecule has 0 fully saturated rings. The van der Waals surface area contributed by atoms with Gasteiger partial charge in [-0.05, 0) is 59.0 Å². The van der Waals surface area contributed by atoms with Crippen molar-refractivity contribution in [2.45, 2.75) is 52.1 Å². The van der Waals surface area contributed by atoms with Crippen LogP contribution in [-0.2, 0) is 6.42 Å². The second kappa shape index (κ2) is 9.63. The van der Waals surface area contributed by atoms with Crippen molar-refractivity contribution >= 4 is 10.8 Å². The van der Waals surface area contributed by atoms with Gasteiger partial charge in [0.05, 0.1) is 0 Å². The van der Waals surface area contributed by atoms with Gasteiger partial charge in [0.15, 0.2) is 0 Å². The van der Waals surface area contributed by atoms with E-state index >= 15 is 0 Å². The fourth-order valence-corrected chi connectivity index (χ4v) is 3.45. The van der Waals surface area contributed by atoms with Crippen molar-refractivity contribution in [2.75, 3.05) is 0 Å². The van der Waals surface area contributed by atoms with Crippen molar-refractivity contribution in [1.82, 2.24) is 0 Å². The van der Waals surface area contributed by atoms with Gasteiger partial charge in [0, 0.05) is 5.56 Å². The molecule has 1 nitrogen and oxygen atoms in total. The molecule has 4 heteroatoms. The number of hydrogen-bond donors (Lipinski definition) is 0. The van der Waals surface area contributed by atoms with Crippen LogP contribution in [0.1, 0.15) is 44.6 Å². The van der Waals surface area contributed by atoms with Crippen LogP contribution in [0.3, 0.4) is 0 Å². The normalized spacial score (nSPS) is 11.3. The molecule has 0 radical (unpaired) electrons. The number of halogens is 3. The van der Waals surface area contributed by atoms with Gasteiger partial charge in [-0.15, -0.1) is 0 Å². The third kappa shape index (κ3) is 5.28. The fourth-order valence-electron chi connectivity index (χ4n) is 3.45. The molecule has 0 N–H and O–H groups in total. The summed E-state index contributed by atoms with van der Waals surface area (Å²) in [4.78, 5) is 0. The van der Waals surface area contributed by atoms with Gasteiger partial charge in [-0.1, -0.05) is 62.9 Å². The third-order valence-corrected chi connectivity index (χ3v) is 4.95. The number of ether oxygens (including phenoxy) is 1. The molecule has 0 aliphatic rings. The lowest BCUT2D eigenvalue weighted by molar-refractivity contribution is -0.0497. The maximum atomic E-state index is 14.7. The van der Waals surface area contributed by atoms with E-state index in [2.05, 4.69) is 11.7 Å². The Morgan fingerprint density at radius 2 is 1.57 bits per heavy atom. The molecule has 0 bridgehead atoms. The minimum atomic E-state index is -2.85. The summed E-state index contributed by atoms with van der Waals surface area (Å²) in [6.07, 6.45) is 6.86. The number of aryl methyl sites for hydroxylation is 1. The highest BCUT2D eigenvalue weighted by atomic mass is 19.3. The second-order valence-electron chi connectivity index (χ2n) is 7.08. The first-order valence-corrected chi connectivity index (χ1v) is 9.84. The zero-order valence-corrected chi connectivity index (χ0v) is 16.1. The van der Waals surface area contributed by atoms with E-state index in [1.165, 1.54) is 31.7 Å². The van der Waals surface area contributed by atoms with Crippen molar-refractivity contribution in [3.63, 3.8) is 0 Å². The number of alkyl halides is 2. The molecule has 0 aromatic heterocycles. The number of rotatable bonds is 9. The lowest BCUT2D eigenvalue weighted by atomic mass is 9.98. The van der Waals surface area contributed by atoms with Gasteiger partial charge in [-0.2, -0.15) is 8.78 Å². The largest absolute Gasteiger partial charge is 0.435 e. The van der Waals surface area contributed by atoms with E-state index in [1.54, 1.807) is 30.3 Å². The average Bonchev–Trinajstić information content (AvgIpc) is 2.67. The van der Waals surface area contributed by atoms with E-state index in [1.807, 2.05) is 18.2 Å². The number of benzene rings is 3. The molecular weight excluding hydrogens is 361 g/mol. The molecule has 0 spiro atoms. The number of unbranched alkanes of at least 4 members (excludes halogenated alkanes) is 4. The van der Waals surface area contributed by atoms with Gasteiger partial charge < -0.3 is 4.74 Å². The highest BCUT2D eigenvalue weighted by Gasteiger charge is 2.09. The van der Waals surface area contributed by atoms with Crippen LogP contribution in [0.5, 0.6) is 5.75 Å². The molecule has 0 aliphatic carbocycles. The first-order chi connectivity index (χ1) is 13.6. The maximum absolute atomic E-state index is 14.7. The Balaban J connectivity index is 1.74. The van der Waals surface area contributed by atoms with Crippen molar-refractivity contribution in [3.8, 4) is 16.9 Å². The summed E-state index contributed by atoms with van der Waals surface area (Å²) in [5, 5.41) is 1.62. The molecule has 3 aromatic rings.